The van der Waals surface area contributed by atoms with Crippen LogP contribution in [0.1, 0.15) is 25.7 Å². The van der Waals surface area contributed by atoms with Crippen molar-refractivity contribution in [3.8, 4) is 0 Å². The van der Waals surface area contributed by atoms with Crippen LogP contribution >= 0.6 is 0 Å². The Bertz CT molecular complexity index is 170. The highest BCUT2D eigenvalue weighted by Gasteiger charge is 2.25. The van der Waals surface area contributed by atoms with Crippen LogP contribution in [0.3, 0.4) is 0 Å². The molecule has 0 aromatic heterocycles. The van der Waals surface area contributed by atoms with Gasteiger partial charge in [-0.1, -0.05) is 0 Å². The fourth-order valence-corrected chi connectivity index (χ4v) is 0.896. The van der Waals surface area contributed by atoms with Gasteiger partial charge in [0.1, 0.15) is 0 Å². The maximum absolute atomic E-state index is 11.6. The molecule has 0 heterocycles. The van der Waals surface area contributed by atoms with Crippen molar-refractivity contribution in [3.63, 3.8) is 0 Å². The van der Waals surface area contributed by atoms with Crippen molar-refractivity contribution in [2.45, 2.75) is 31.9 Å². The van der Waals surface area contributed by atoms with E-state index in [-0.39, 0.29) is 12.8 Å². The zero-order chi connectivity index (χ0) is 11.0. The molecule has 0 spiro atoms. The number of alkyl halides is 3. The summed E-state index contributed by atoms with van der Waals surface area (Å²) in [5.74, 6) is -0.909. The first kappa shape index (κ1) is 13.2. The molecule has 0 amide bonds. The molecule has 0 aliphatic heterocycles. The predicted octanol–water partition coefficient (Wildman–Crippen LogP) is 1.78. The van der Waals surface area contributed by atoms with E-state index < -0.39 is 18.6 Å². The standard InChI is InChI=1S/C8H14F3NO2/c9-8(10,11)4-1-2-5-12-6-3-7(13)14/h12H,1-6H2,(H,13,14). The molecule has 0 bridgehead atoms. The smallest absolute Gasteiger partial charge is 0.389 e. The van der Waals surface area contributed by atoms with Crippen LogP contribution in [0.2, 0.25) is 0 Å². The summed E-state index contributed by atoms with van der Waals surface area (Å²) in [6.45, 7) is 0.741. The molecule has 0 aromatic rings. The molecule has 2 N–H and O–H groups in total. The molecule has 14 heavy (non-hydrogen) atoms. The van der Waals surface area contributed by atoms with Gasteiger partial charge < -0.3 is 10.4 Å². The van der Waals surface area contributed by atoms with E-state index in [0.29, 0.717) is 19.5 Å². The maximum atomic E-state index is 11.6. The maximum Gasteiger partial charge on any atom is 0.389 e. The fourth-order valence-electron chi connectivity index (χ4n) is 0.896. The highest BCUT2D eigenvalue weighted by molar-refractivity contribution is 5.66. The summed E-state index contributed by atoms with van der Waals surface area (Å²) in [7, 11) is 0. The molecule has 0 rings (SSSR count). The minimum absolute atomic E-state index is 0.000723. The van der Waals surface area contributed by atoms with Crippen LogP contribution in [0.4, 0.5) is 13.2 Å². The number of rotatable bonds is 7. The zero-order valence-corrected chi connectivity index (χ0v) is 7.73. The van der Waals surface area contributed by atoms with Crippen LogP contribution in [0.5, 0.6) is 0 Å². The zero-order valence-electron chi connectivity index (χ0n) is 7.73. The number of carboxylic acids is 1. The summed E-state index contributed by atoms with van der Waals surface area (Å²) in [5, 5.41) is 11.0. The summed E-state index contributed by atoms with van der Waals surface area (Å²) in [5.41, 5.74) is 0. The Hall–Kier alpha value is -0.780. The number of carboxylic acid groups (broad SMARTS) is 1. The van der Waals surface area contributed by atoms with Crippen molar-refractivity contribution in [2.24, 2.45) is 0 Å². The highest BCUT2D eigenvalue weighted by Crippen LogP contribution is 2.21. The quantitative estimate of drug-likeness (QED) is 0.634. The second kappa shape index (κ2) is 6.64. The lowest BCUT2D eigenvalue weighted by molar-refractivity contribution is -0.137. The average molecular weight is 213 g/mol. The second-order valence-corrected chi connectivity index (χ2v) is 2.97. The Morgan fingerprint density at radius 1 is 1.21 bits per heavy atom. The Morgan fingerprint density at radius 2 is 1.86 bits per heavy atom. The van der Waals surface area contributed by atoms with Gasteiger partial charge in [-0.3, -0.25) is 4.79 Å². The summed E-state index contributed by atoms with van der Waals surface area (Å²) >= 11 is 0. The number of hydrogen-bond acceptors (Lipinski definition) is 2. The molecular weight excluding hydrogens is 199 g/mol. The van der Waals surface area contributed by atoms with Crippen molar-refractivity contribution in [3.05, 3.63) is 0 Å². The number of halogens is 3. The van der Waals surface area contributed by atoms with Crippen molar-refractivity contribution in [1.82, 2.24) is 5.32 Å². The molecule has 0 fully saturated rings. The summed E-state index contributed by atoms with van der Waals surface area (Å²) in [6, 6.07) is 0. The van der Waals surface area contributed by atoms with Crippen LogP contribution in [0, 0.1) is 0 Å². The number of hydrogen-bond donors (Lipinski definition) is 2. The van der Waals surface area contributed by atoms with Gasteiger partial charge in [0.15, 0.2) is 0 Å². The molecule has 0 aliphatic rings. The van der Waals surface area contributed by atoms with E-state index in [1.165, 1.54) is 0 Å². The molecule has 84 valence electrons. The molecule has 0 aliphatic carbocycles. The predicted molar refractivity (Wildman–Crippen MR) is 45.0 cm³/mol. The van der Waals surface area contributed by atoms with Crippen molar-refractivity contribution < 1.29 is 23.1 Å². The Kier molecular flexibility index (Phi) is 6.27. The van der Waals surface area contributed by atoms with Crippen molar-refractivity contribution in [2.75, 3.05) is 13.1 Å². The second-order valence-electron chi connectivity index (χ2n) is 2.97. The molecule has 0 saturated heterocycles. The van der Waals surface area contributed by atoms with E-state index in [1.807, 2.05) is 0 Å². The molecule has 0 atom stereocenters. The number of carbonyl (C=O) groups is 1. The highest BCUT2D eigenvalue weighted by atomic mass is 19.4. The van der Waals surface area contributed by atoms with Gasteiger partial charge in [-0.15, -0.1) is 0 Å². The molecule has 0 radical (unpaired) electrons. The monoisotopic (exact) mass is 213 g/mol. The van der Waals surface area contributed by atoms with Gasteiger partial charge in [-0.2, -0.15) is 13.2 Å². The van der Waals surface area contributed by atoms with E-state index in [2.05, 4.69) is 5.32 Å². The Labute approximate surface area is 80.3 Å². The van der Waals surface area contributed by atoms with E-state index in [4.69, 9.17) is 5.11 Å². The fraction of sp³-hybridized carbons (Fsp3) is 0.875. The largest absolute Gasteiger partial charge is 0.481 e. The Morgan fingerprint density at radius 3 is 2.36 bits per heavy atom. The minimum Gasteiger partial charge on any atom is -0.481 e. The van der Waals surface area contributed by atoms with Crippen molar-refractivity contribution >= 4 is 5.97 Å². The van der Waals surface area contributed by atoms with Gasteiger partial charge in [0.05, 0.1) is 6.42 Å². The van der Waals surface area contributed by atoms with Crippen LogP contribution in [-0.4, -0.2) is 30.3 Å². The molecule has 6 heteroatoms. The summed E-state index contributed by atoms with van der Waals surface area (Å²) in [6.07, 6.45) is -4.35. The van der Waals surface area contributed by atoms with Gasteiger partial charge in [-0.25, -0.2) is 0 Å². The minimum atomic E-state index is -4.08. The third kappa shape index (κ3) is 11.2. The lowest BCUT2D eigenvalue weighted by Crippen LogP contribution is -2.19. The molecular formula is C8H14F3NO2. The van der Waals surface area contributed by atoms with Gasteiger partial charge >= 0.3 is 12.1 Å². The van der Waals surface area contributed by atoms with Crippen LogP contribution in [-0.2, 0) is 4.79 Å². The first-order valence-corrected chi connectivity index (χ1v) is 4.41. The third-order valence-electron chi connectivity index (χ3n) is 1.58. The van der Waals surface area contributed by atoms with E-state index in [9.17, 15) is 18.0 Å². The lowest BCUT2D eigenvalue weighted by atomic mass is 10.2. The first-order chi connectivity index (χ1) is 6.42. The number of nitrogens with one attached hydrogen (secondary N) is 1. The van der Waals surface area contributed by atoms with Gasteiger partial charge in [-0.05, 0) is 19.4 Å². The average Bonchev–Trinajstić information content (AvgIpc) is 2.00. The van der Waals surface area contributed by atoms with E-state index in [1.54, 1.807) is 0 Å². The van der Waals surface area contributed by atoms with Gasteiger partial charge in [0, 0.05) is 13.0 Å². The molecule has 3 nitrogen and oxygen atoms in total. The number of aliphatic carboxylic acids is 1. The molecule has 0 aromatic carbocycles. The SMILES string of the molecule is O=C(O)CCNCCCCC(F)(F)F. The Balaban J connectivity index is 3.11. The lowest BCUT2D eigenvalue weighted by Gasteiger charge is -2.05. The summed E-state index contributed by atoms with van der Waals surface area (Å²) in [4.78, 5) is 10.0. The molecule has 0 unspecified atom stereocenters. The normalized spacial score (nSPS) is 11.6. The van der Waals surface area contributed by atoms with E-state index >= 15 is 0 Å². The van der Waals surface area contributed by atoms with Crippen LogP contribution in [0.25, 0.3) is 0 Å². The first-order valence-electron chi connectivity index (χ1n) is 4.41. The topological polar surface area (TPSA) is 49.3 Å². The van der Waals surface area contributed by atoms with Crippen LogP contribution < -0.4 is 5.32 Å². The summed E-state index contributed by atoms with van der Waals surface area (Å²) < 4.78 is 34.9. The van der Waals surface area contributed by atoms with E-state index in [0.717, 1.165) is 0 Å². The third-order valence-corrected chi connectivity index (χ3v) is 1.58. The van der Waals surface area contributed by atoms with Gasteiger partial charge in [0.25, 0.3) is 0 Å². The number of unbranched alkanes of at least 4 members (excludes halogenated alkanes) is 1. The van der Waals surface area contributed by atoms with Crippen LogP contribution in [0.15, 0.2) is 0 Å². The molecule has 0 saturated carbocycles. The van der Waals surface area contributed by atoms with Gasteiger partial charge in [0.2, 0.25) is 0 Å². The van der Waals surface area contributed by atoms with Crippen molar-refractivity contribution in [1.29, 1.82) is 0 Å².